The van der Waals surface area contributed by atoms with Gasteiger partial charge in [-0.05, 0) is 24.3 Å². The largest absolute Gasteiger partial charge is 0.463 e. The average molecular weight is 528 g/mol. The summed E-state index contributed by atoms with van der Waals surface area (Å²) in [4.78, 5) is 64.6. The SMILES string of the molecule is CC(=O)OC[C@@H]1O[C@H](Sc2ccccc2)[C@H](N2C(=O)c3ccccc3C2=O)[C@H](OC(C)=O)[C@@H]1OC(C)=O. The van der Waals surface area contributed by atoms with Gasteiger partial charge in [-0.25, -0.2) is 0 Å². The van der Waals surface area contributed by atoms with Gasteiger partial charge < -0.3 is 18.9 Å². The summed E-state index contributed by atoms with van der Waals surface area (Å²) in [5, 5.41) is 0. The number of amides is 2. The molecule has 0 unspecified atom stereocenters. The van der Waals surface area contributed by atoms with E-state index in [-0.39, 0.29) is 17.7 Å². The lowest BCUT2D eigenvalue weighted by atomic mass is 9.96. The number of imide groups is 1. The maximum Gasteiger partial charge on any atom is 0.303 e. The average Bonchev–Trinajstić information content (AvgIpc) is 3.10. The standard InChI is InChI=1S/C26H25NO9S/c1-14(28)33-13-20-22(34-15(2)29)23(35-16(3)30)21(26(36-20)37-17-9-5-4-6-10-17)27-24(31)18-11-7-8-12-19(18)25(27)32/h4-12,20-23,26H,13H2,1-3H3/t20-,21+,22+,23-,26+/m0/s1. The molecular formula is C26H25NO9S. The maximum atomic E-state index is 13.5. The minimum atomic E-state index is -1.31. The number of hydrogen-bond acceptors (Lipinski definition) is 10. The Bertz CT molecular complexity index is 1180. The molecule has 0 aliphatic carbocycles. The highest BCUT2D eigenvalue weighted by Gasteiger charge is 2.56. The Kier molecular flexibility index (Phi) is 7.94. The van der Waals surface area contributed by atoms with Crippen LogP contribution in [0.3, 0.4) is 0 Å². The maximum absolute atomic E-state index is 13.5. The van der Waals surface area contributed by atoms with Gasteiger partial charge in [0.05, 0.1) is 11.1 Å². The van der Waals surface area contributed by atoms with E-state index in [9.17, 15) is 24.0 Å². The number of benzene rings is 2. The van der Waals surface area contributed by atoms with Crippen LogP contribution in [0.2, 0.25) is 0 Å². The van der Waals surface area contributed by atoms with Crippen molar-refractivity contribution in [3.8, 4) is 0 Å². The third-order valence-corrected chi connectivity index (χ3v) is 6.96. The zero-order valence-electron chi connectivity index (χ0n) is 20.3. The lowest BCUT2D eigenvalue weighted by molar-refractivity contribution is -0.216. The number of carbonyl (C=O) groups excluding carboxylic acids is 5. The van der Waals surface area contributed by atoms with Crippen LogP contribution in [0.5, 0.6) is 0 Å². The first-order valence-electron chi connectivity index (χ1n) is 11.5. The highest BCUT2D eigenvalue weighted by molar-refractivity contribution is 7.99. The Hall–Kier alpha value is -3.70. The van der Waals surface area contributed by atoms with E-state index in [0.29, 0.717) is 0 Å². The van der Waals surface area contributed by atoms with Crippen molar-refractivity contribution in [1.82, 2.24) is 4.90 Å². The second-order valence-electron chi connectivity index (χ2n) is 8.44. The van der Waals surface area contributed by atoms with Gasteiger partial charge in [0.25, 0.3) is 11.8 Å². The monoisotopic (exact) mass is 527 g/mol. The second kappa shape index (κ2) is 11.1. The minimum Gasteiger partial charge on any atom is -0.463 e. The summed E-state index contributed by atoms with van der Waals surface area (Å²) in [6, 6.07) is 14.2. The molecule has 0 aromatic heterocycles. The quantitative estimate of drug-likeness (QED) is 0.301. The highest BCUT2D eigenvalue weighted by Crippen LogP contribution is 2.40. The van der Waals surface area contributed by atoms with Gasteiger partial charge in [0, 0.05) is 25.7 Å². The normalized spacial score (nSPS) is 24.8. The molecule has 1 saturated heterocycles. The van der Waals surface area contributed by atoms with Crippen molar-refractivity contribution in [3.05, 3.63) is 65.7 Å². The number of hydrogen-bond donors (Lipinski definition) is 0. The first-order valence-corrected chi connectivity index (χ1v) is 12.4. The lowest BCUT2D eigenvalue weighted by Crippen LogP contribution is -2.66. The van der Waals surface area contributed by atoms with E-state index >= 15 is 0 Å². The Morgan fingerprint density at radius 3 is 1.89 bits per heavy atom. The van der Waals surface area contributed by atoms with Crippen molar-refractivity contribution < 1.29 is 42.9 Å². The molecule has 37 heavy (non-hydrogen) atoms. The Morgan fingerprint density at radius 1 is 0.811 bits per heavy atom. The predicted octanol–water partition coefficient (Wildman–Crippen LogP) is 2.59. The van der Waals surface area contributed by atoms with Crippen LogP contribution in [-0.2, 0) is 33.3 Å². The Balaban J connectivity index is 1.81. The van der Waals surface area contributed by atoms with Crippen molar-refractivity contribution >= 4 is 41.5 Å². The molecular weight excluding hydrogens is 502 g/mol. The number of rotatable bonds is 7. The van der Waals surface area contributed by atoms with E-state index in [1.807, 2.05) is 30.3 Å². The van der Waals surface area contributed by atoms with Crippen LogP contribution in [0.15, 0.2) is 59.5 Å². The highest BCUT2D eigenvalue weighted by atomic mass is 32.2. The number of carbonyl (C=O) groups is 5. The summed E-state index contributed by atoms with van der Waals surface area (Å²) in [6.45, 7) is 3.23. The summed E-state index contributed by atoms with van der Waals surface area (Å²) >= 11 is 1.19. The summed E-state index contributed by atoms with van der Waals surface area (Å²) in [5.41, 5.74) is -0.575. The minimum absolute atomic E-state index is 0.198. The smallest absolute Gasteiger partial charge is 0.303 e. The molecule has 0 bridgehead atoms. The van der Waals surface area contributed by atoms with E-state index in [4.69, 9.17) is 18.9 Å². The Morgan fingerprint density at radius 2 is 1.35 bits per heavy atom. The Labute approximate surface area is 217 Å². The molecule has 0 N–H and O–H groups in total. The molecule has 0 saturated carbocycles. The molecule has 2 aromatic rings. The van der Waals surface area contributed by atoms with Crippen molar-refractivity contribution in [2.75, 3.05) is 6.61 Å². The van der Waals surface area contributed by atoms with Gasteiger partial charge in [0.15, 0.2) is 12.2 Å². The van der Waals surface area contributed by atoms with Gasteiger partial charge in [0.2, 0.25) is 0 Å². The van der Waals surface area contributed by atoms with Crippen molar-refractivity contribution in [2.24, 2.45) is 0 Å². The number of fused-ring (bicyclic) bond motifs is 1. The molecule has 2 heterocycles. The van der Waals surface area contributed by atoms with E-state index in [1.165, 1.54) is 37.7 Å². The third kappa shape index (κ3) is 5.67. The summed E-state index contributed by atoms with van der Waals surface area (Å²) in [5.74, 6) is -3.21. The van der Waals surface area contributed by atoms with Gasteiger partial charge in [-0.1, -0.05) is 42.1 Å². The van der Waals surface area contributed by atoms with E-state index in [1.54, 1.807) is 12.1 Å². The van der Waals surface area contributed by atoms with Gasteiger partial charge in [-0.3, -0.25) is 28.9 Å². The predicted molar refractivity (Wildman–Crippen MR) is 129 cm³/mol. The summed E-state index contributed by atoms with van der Waals surface area (Å²) in [7, 11) is 0. The number of ether oxygens (including phenoxy) is 4. The molecule has 2 aliphatic rings. The van der Waals surface area contributed by atoms with E-state index in [2.05, 4.69) is 0 Å². The third-order valence-electron chi connectivity index (χ3n) is 5.79. The van der Waals surface area contributed by atoms with Crippen LogP contribution in [-0.4, -0.2) is 71.0 Å². The molecule has 194 valence electrons. The summed E-state index contributed by atoms with van der Waals surface area (Å²) in [6.07, 6.45) is -3.63. The molecule has 0 radical (unpaired) electrons. The first kappa shape index (κ1) is 26.4. The zero-order chi connectivity index (χ0) is 26.7. The van der Waals surface area contributed by atoms with Crippen molar-refractivity contribution in [3.63, 3.8) is 0 Å². The van der Waals surface area contributed by atoms with Gasteiger partial charge in [0.1, 0.15) is 24.2 Å². The van der Waals surface area contributed by atoms with Crippen molar-refractivity contribution in [1.29, 1.82) is 0 Å². The van der Waals surface area contributed by atoms with Crippen LogP contribution < -0.4 is 0 Å². The first-order chi connectivity index (χ1) is 17.7. The molecule has 0 spiro atoms. The van der Waals surface area contributed by atoms with Crippen LogP contribution in [0.4, 0.5) is 0 Å². The summed E-state index contributed by atoms with van der Waals surface area (Å²) < 4.78 is 22.5. The van der Waals surface area contributed by atoms with Crippen LogP contribution >= 0.6 is 11.8 Å². The fourth-order valence-electron chi connectivity index (χ4n) is 4.37. The van der Waals surface area contributed by atoms with Crippen LogP contribution in [0.1, 0.15) is 41.5 Å². The van der Waals surface area contributed by atoms with Crippen molar-refractivity contribution in [2.45, 2.75) is 55.5 Å². The fraction of sp³-hybridized carbons (Fsp3) is 0.346. The number of thioether (sulfide) groups is 1. The van der Waals surface area contributed by atoms with E-state index in [0.717, 1.165) is 16.7 Å². The lowest BCUT2D eigenvalue weighted by Gasteiger charge is -2.47. The number of esters is 3. The fourth-order valence-corrected chi connectivity index (χ4v) is 5.56. The molecule has 2 aromatic carbocycles. The van der Waals surface area contributed by atoms with Crippen LogP contribution in [0, 0.1) is 0 Å². The molecule has 2 amide bonds. The number of nitrogens with zero attached hydrogens (tertiary/aromatic N) is 1. The molecule has 10 nitrogen and oxygen atoms in total. The topological polar surface area (TPSA) is 126 Å². The molecule has 1 fully saturated rings. The molecule has 5 atom stereocenters. The molecule has 2 aliphatic heterocycles. The van der Waals surface area contributed by atoms with Gasteiger partial charge in [-0.2, -0.15) is 0 Å². The zero-order valence-corrected chi connectivity index (χ0v) is 21.1. The van der Waals surface area contributed by atoms with Gasteiger partial charge >= 0.3 is 17.9 Å². The molecule has 4 rings (SSSR count). The van der Waals surface area contributed by atoms with Crippen LogP contribution in [0.25, 0.3) is 0 Å². The van der Waals surface area contributed by atoms with E-state index < -0.39 is 59.5 Å². The molecule has 11 heteroatoms. The van der Waals surface area contributed by atoms with Gasteiger partial charge in [-0.15, -0.1) is 0 Å². The second-order valence-corrected chi connectivity index (χ2v) is 9.61.